The Balaban J connectivity index is 1.70. The molecule has 2 nitrogen and oxygen atoms in total. The summed E-state index contributed by atoms with van der Waals surface area (Å²) in [6.45, 7) is 5.56. The lowest BCUT2D eigenvalue weighted by Gasteiger charge is -2.28. The minimum absolute atomic E-state index is 0.768. The Bertz CT molecular complexity index is 189. The molecule has 94 valence electrons. The van der Waals surface area contributed by atoms with Gasteiger partial charge in [-0.2, -0.15) is 0 Å². The van der Waals surface area contributed by atoms with Crippen molar-refractivity contribution in [3.8, 4) is 0 Å². The van der Waals surface area contributed by atoms with Crippen molar-refractivity contribution in [3.63, 3.8) is 0 Å². The predicted octanol–water partition coefficient (Wildman–Crippen LogP) is 2.97. The molecular formula is C14H27NO. The molecule has 0 bridgehead atoms. The third-order valence-electron chi connectivity index (χ3n) is 4.28. The van der Waals surface area contributed by atoms with Crippen LogP contribution in [0.1, 0.15) is 51.9 Å². The molecule has 2 aliphatic rings. The highest BCUT2D eigenvalue weighted by molar-refractivity contribution is 4.78. The van der Waals surface area contributed by atoms with Crippen LogP contribution in [-0.4, -0.2) is 25.8 Å². The summed E-state index contributed by atoms with van der Waals surface area (Å²) in [5.41, 5.74) is 0. The summed E-state index contributed by atoms with van der Waals surface area (Å²) in [6.07, 6.45) is 9.71. The number of nitrogens with one attached hydrogen (secondary N) is 1. The van der Waals surface area contributed by atoms with Crippen molar-refractivity contribution in [2.75, 3.05) is 19.8 Å². The van der Waals surface area contributed by atoms with E-state index in [1.807, 2.05) is 0 Å². The van der Waals surface area contributed by atoms with Crippen LogP contribution in [0.5, 0.6) is 0 Å². The van der Waals surface area contributed by atoms with E-state index in [0.29, 0.717) is 0 Å². The SMILES string of the molecule is CC1CCCCCC1NCC1CCCOC1. The van der Waals surface area contributed by atoms with Gasteiger partial charge >= 0.3 is 0 Å². The van der Waals surface area contributed by atoms with Gasteiger partial charge in [-0.1, -0.05) is 26.2 Å². The molecule has 1 aliphatic carbocycles. The molecule has 0 aromatic heterocycles. The van der Waals surface area contributed by atoms with Crippen LogP contribution in [0.4, 0.5) is 0 Å². The molecule has 0 spiro atoms. The van der Waals surface area contributed by atoms with Crippen molar-refractivity contribution in [1.82, 2.24) is 5.32 Å². The molecule has 3 atom stereocenters. The van der Waals surface area contributed by atoms with Crippen molar-refractivity contribution in [3.05, 3.63) is 0 Å². The maximum Gasteiger partial charge on any atom is 0.0506 e. The predicted molar refractivity (Wildman–Crippen MR) is 67.6 cm³/mol. The fourth-order valence-corrected chi connectivity index (χ4v) is 3.08. The summed E-state index contributed by atoms with van der Waals surface area (Å²) in [4.78, 5) is 0. The Morgan fingerprint density at radius 1 is 1.06 bits per heavy atom. The molecule has 0 amide bonds. The molecule has 0 aromatic rings. The van der Waals surface area contributed by atoms with Crippen LogP contribution < -0.4 is 5.32 Å². The third kappa shape index (κ3) is 3.74. The monoisotopic (exact) mass is 225 g/mol. The van der Waals surface area contributed by atoms with Gasteiger partial charge in [-0.05, 0) is 37.5 Å². The topological polar surface area (TPSA) is 21.3 Å². The first-order valence-electron chi connectivity index (χ1n) is 7.17. The molecule has 1 N–H and O–H groups in total. The average Bonchev–Trinajstić information content (AvgIpc) is 2.53. The lowest BCUT2D eigenvalue weighted by molar-refractivity contribution is 0.0529. The van der Waals surface area contributed by atoms with Crippen LogP contribution in [-0.2, 0) is 4.74 Å². The fourth-order valence-electron chi connectivity index (χ4n) is 3.08. The van der Waals surface area contributed by atoms with E-state index in [-0.39, 0.29) is 0 Å². The van der Waals surface area contributed by atoms with Gasteiger partial charge in [0.25, 0.3) is 0 Å². The van der Waals surface area contributed by atoms with Crippen molar-refractivity contribution in [2.24, 2.45) is 11.8 Å². The smallest absolute Gasteiger partial charge is 0.0506 e. The number of ether oxygens (including phenoxy) is 1. The summed E-state index contributed by atoms with van der Waals surface area (Å²) >= 11 is 0. The summed E-state index contributed by atoms with van der Waals surface area (Å²) < 4.78 is 5.53. The van der Waals surface area contributed by atoms with Crippen LogP contribution >= 0.6 is 0 Å². The zero-order valence-corrected chi connectivity index (χ0v) is 10.7. The van der Waals surface area contributed by atoms with Crippen LogP contribution in [0.15, 0.2) is 0 Å². The number of rotatable bonds is 3. The molecule has 16 heavy (non-hydrogen) atoms. The zero-order valence-electron chi connectivity index (χ0n) is 10.7. The maximum absolute atomic E-state index is 5.53. The second-order valence-electron chi connectivity index (χ2n) is 5.71. The average molecular weight is 225 g/mol. The Hall–Kier alpha value is -0.0800. The van der Waals surface area contributed by atoms with Gasteiger partial charge in [-0.3, -0.25) is 0 Å². The van der Waals surface area contributed by atoms with E-state index in [1.54, 1.807) is 0 Å². The van der Waals surface area contributed by atoms with E-state index in [1.165, 1.54) is 51.5 Å². The Labute approximate surface area is 100 Å². The van der Waals surface area contributed by atoms with Crippen molar-refractivity contribution < 1.29 is 4.74 Å². The van der Waals surface area contributed by atoms with E-state index in [4.69, 9.17) is 4.74 Å². The van der Waals surface area contributed by atoms with Crippen LogP contribution in [0.25, 0.3) is 0 Å². The van der Waals surface area contributed by atoms with E-state index < -0.39 is 0 Å². The second-order valence-corrected chi connectivity index (χ2v) is 5.71. The third-order valence-corrected chi connectivity index (χ3v) is 4.28. The molecule has 1 saturated heterocycles. The first-order chi connectivity index (χ1) is 7.86. The minimum Gasteiger partial charge on any atom is -0.381 e. The number of hydrogen-bond donors (Lipinski definition) is 1. The molecular weight excluding hydrogens is 198 g/mol. The van der Waals surface area contributed by atoms with Crippen LogP contribution in [0, 0.1) is 11.8 Å². The highest BCUT2D eigenvalue weighted by atomic mass is 16.5. The second kappa shape index (κ2) is 6.61. The molecule has 3 unspecified atom stereocenters. The fraction of sp³-hybridized carbons (Fsp3) is 1.00. The quantitative estimate of drug-likeness (QED) is 0.746. The van der Waals surface area contributed by atoms with Crippen molar-refractivity contribution in [1.29, 1.82) is 0 Å². The van der Waals surface area contributed by atoms with E-state index in [0.717, 1.165) is 31.1 Å². The molecule has 1 heterocycles. The standard InChI is InChI=1S/C14H27NO/c1-12-6-3-2-4-8-14(12)15-10-13-7-5-9-16-11-13/h12-15H,2-11H2,1H3. The Kier molecular flexibility index (Phi) is 5.11. The largest absolute Gasteiger partial charge is 0.381 e. The summed E-state index contributed by atoms with van der Waals surface area (Å²) in [7, 11) is 0. The van der Waals surface area contributed by atoms with Gasteiger partial charge in [0.05, 0.1) is 6.61 Å². The first kappa shape index (κ1) is 12.4. The molecule has 0 radical (unpaired) electrons. The van der Waals surface area contributed by atoms with Gasteiger partial charge < -0.3 is 10.1 Å². The summed E-state index contributed by atoms with van der Waals surface area (Å²) in [6, 6.07) is 0.768. The normalized spacial score (nSPS) is 36.9. The molecule has 0 aromatic carbocycles. The van der Waals surface area contributed by atoms with Crippen LogP contribution in [0.3, 0.4) is 0 Å². The van der Waals surface area contributed by atoms with Gasteiger partial charge in [-0.15, -0.1) is 0 Å². The molecule has 2 rings (SSSR count). The van der Waals surface area contributed by atoms with Gasteiger partial charge in [0.15, 0.2) is 0 Å². The van der Waals surface area contributed by atoms with E-state index in [2.05, 4.69) is 12.2 Å². The minimum atomic E-state index is 0.768. The summed E-state index contributed by atoms with van der Waals surface area (Å²) in [5.74, 6) is 1.64. The Morgan fingerprint density at radius 2 is 1.94 bits per heavy atom. The van der Waals surface area contributed by atoms with Gasteiger partial charge in [0, 0.05) is 19.2 Å². The first-order valence-corrected chi connectivity index (χ1v) is 7.17. The van der Waals surface area contributed by atoms with E-state index in [9.17, 15) is 0 Å². The highest BCUT2D eigenvalue weighted by Gasteiger charge is 2.21. The number of hydrogen-bond acceptors (Lipinski definition) is 2. The summed E-state index contributed by atoms with van der Waals surface area (Å²) in [5, 5.41) is 3.80. The Morgan fingerprint density at radius 3 is 2.75 bits per heavy atom. The lowest BCUT2D eigenvalue weighted by Crippen LogP contribution is -2.39. The van der Waals surface area contributed by atoms with Gasteiger partial charge in [-0.25, -0.2) is 0 Å². The van der Waals surface area contributed by atoms with Crippen molar-refractivity contribution >= 4 is 0 Å². The van der Waals surface area contributed by atoms with Gasteiger partial charge in [0.1, 0.15) is 0 Å². The van der Waals surface area contributed by atoms with Gasteiger partial charge in [0.2, 0.25) is 0 Å². The molecule has 2 fully saturated rings. The molecule has 1 aliphatic heterocycles. The lowest BCUT2D eigenvalue weighted by atomic mass is 9.95. The maximum atomic E-state index is 5.53. The molecule has 2 heteroatoms. The molecule has 1 saturated carbocycles. The van der Waals surface area contributed by atoms with Crippen molar-refractivity contribution in [2.45, 2.75) is 57.9 Å². The van der Waals surface area contributed by atoms with Crippen LogP contribution in [0.2, 0.25) is 0 Å². The van der Waals surface area contributed by atoms with E-state index >= 15 is 0 Å². The zero-order chi connectivity index (χ0) is 11.2. The highest BCUT2D eigenvalue weighted by Crippen LogP contribution is 2.23.